The molecule has 0 unspecified atom stereocenters. The number of hydrogen-bond donors (Lipinski definition) is 3. The van der Waals surface area contributed by atoms with E-state index in [1.54, 1.807) is 0 Å². The highest BCUT2D eigenvalue weighted by atomic mass is 35.5. The van der Waals surface area contributed by atoms with Crippen LogP contribution in [0.4, 0.5) is 0 Å². The second-order valence-corrected chi connectivity index (χ2v) is 11.3. The van der Waals surface area contributed by atoms with Gasteiger partial charge >= 0.3 is 0 Å². The molecular formula is C24H19ClO7S2. The van der Waals surface area contributed by atoms with Crippen LogP contribution in [-0.4, -0.2) is 32.2 Å². The molecule has 3 N–H and O–H groups in total. The van der Waals surface area contributed by atoms with Gasteiger partial charge in [0.1, 0.15) is 17.2 Å². The first-order chi connectivity index (χ1) is 16.0. The van der Waals surface area contributed by atoms with E-state index in [0.717, 1.165) is 0 Å². The van der Waals surface area contributed by atoms with Crippen LogP contribution in [0.1, 0.15) is 0 Å². The lowest BCUT2D eigenvalue weighted by Gasteiger charge is -2.04. The predicted octanol–water partition coefficient (Wildman–Crippen LogP) is 4.81. The molecule has 0 aliphatic carbocycles. The minimum atomic E-state index is -3.59. The molecule has 0 atom stereocenters. The summed E-state index contributed by atoms with van der Waals surface area (Å²) in [5, 5.41) is 27.8. The largest absolute Gasteiger partial charge is 0.508 e. The third kappa shape index (κ3) is 5.88. The van der Waals surface area contributed by atoms with Crippen LogP contribution in [0.2, 0.25) is 5.02 Å². The van der Waals surface area contributed by atoms with Gasteiger partial charge in [-0.15, -0.1) is 0 Å². The fourth-order valence-electron chi connectivity index (χ4n) is 2.76. The summed E-state index contributed by atoms with van der Waals surface area (Å²) in [7, 11) is -7.14. The number of phenolic OH excluding ortho intramolecular Hbond substituents is 3. The second-order valence-electron chi connectivity index (χ2n) is 6.94. The van der Waals surface area contributed by atoms with Gasteiger partial charge in [-0.2, -0.15) is 0 Å². The molecule has 0 heterocycles. The first kappa shape index (κ1) is 25.1. The molecule has 0 spiro atoms. The van der Waals surface area contributed by atoms with E-state index in [1.807, 2.05) is 0 Å². The highest BCUT2D eigenvalue weighted by Gasteiger charge is 2.18. The maximum atomic E-state index is 12.1. The first-order valence-corrected chi connectivity index (χ1v) is 13.0. The molecule has 0 saturated carbocycles. The maximum absolute atomic E-state index is 12.1. The van der Waals surface area contributed by atoms with E-state index in [0.29, 0.717) is 5.02 Å². The Morgan fingerprint density at radius 1 is 0.412 bits per heavy atom. The van der Waals surface area contributed by atoms with Gasteiger partial charge in [0.05, 0.1) is 19.6 Å². The summed E-state index contributed by atoms with van der Waals surface area (Å²) >= 11 is 5.70. The Labute approximate surface area is 202 Å². The van der Waals surface area contributed by atoms with E-state index in [9.17, 15) is 16.8 Å². The van der Waals surface area contributed by atoms with Crippen LogP contribution in [0.3, 0.4) is 0 Å². The molecule has 0 bridgehead atoms. The zero-order valence-corrected chi connectivity index (χ0v) is 19.8. The quantitative estimate of drug-likeness (QED) is 0.353. The molecular weight excluding hydrogens is 500 g/mol. The van der Waals surface area contributed by atoms with Crippen molar-refractivity contribution in [3.05, 3.63) is 102 Å². The van der Waals surface area contributed by atoms with Gasteiger partial charge in [0.15, 0.2) is 0 Å². The number of rotatable bonds is 4. The van der Waals surface area contributed by atoms with Crippen LogP contribution in [0.15, 0.2) is 117 Å². The van der Waals surface area contributed by atoms with Crippen molar-refractivity contribution in [3.8, 4) is 17.2 Å². The lowest BCUT2D eigenvalue weighted by molar-refractivity contribution is 0.474. The van der Waals surface area contributed by atoms with E-state index in [1.165, 1.54) is 97.1 Å². The summed E-state index contributed by atoms with van der Waals surface area (Å²) in [5.41, 5.74) is 0. The van der Waals surface area contributed by atoms with Crippen molar-refractivity contribution in [1.82, 2.24) is 0 Å². The minimum absolute atomic E-state index is 0.00894. The molecule has 0 radical (unpaired) electrons. The molecule has 0 saturated heterocycles. The zero-order valence-electron chi connectivity index (χ0n) is 17.4. The molecule has 0 aliphatic rings. The highest BCUT2D eigenvalue weighted by Crippen LogP contribution is 2.25. The lowest BCUT2D eigenvalue weighted by atomic mass is 10.3. The van der Waals surface area contributed by atoms with Gasteiger partial charge in [0, 0.05) is 5.02 Å². The van der Waals surface area contributed by atoms with Crippen molar-refractivity contribution in [1.29, 1.82) is 0 Å². The van der Waals surface area contributed by atoms with Crippen LogP contribution in [0, 0.1) is 0 Å². The van der Waals surface area contributed by atoms with Gasteiger partial charge in [0.2, 0.25) is 19.7 Å². The standard InChI is InChI=1S/C12H9ClO3S.C12H10O4S/c2*13-9-1-5-11(6-2-9)17(15,16)12-7-3-10(14)4-8-12/h1-8,14H;1-8,13-14H. The van der Waals surface area contributed by atoms with E-state index in [-0.39, 0.29) is 36.8 Å². The van der Waals surface area contributed by atoms with Gasteiger partial charge < -0.3 is 15.3 Å². The topological polar surface area (TPSA) is 129 Å². The SMILES string of the molecule is O=S(=O)(c1ccc(O)cc1)c1ccc(Cl)cc1.O=S(=O)(c1ccc(O)cc1)c1ccc(O)cc1. The summed E-state index contributed by atoms with van der Waals surface area (Å²) < 4.78 is 48.4. The smallest absolute Gasteiger partial charge is 0.206 e. The van der Waals surface area contributed by atoms with E-state index in [2.05, 4.69) is 0 Å². The Kier molecular flexibility index (Phi) is 7.51. The molecule has 176 valence electrons. The first-order valence-electron chi connectivity index (χ1n) is 9.63. The van der Waals surface area contributed by atoms with Crippen LogP contribution >= 0.6 is 11.6 Å². The molecule has 10 heteroatoms. The number of aromatic hydroxyl groups is 3. The fraction of sp³-hybridized carbons (Fsp3) is 0. The van der Waals surface area contributed by atoms with E-state index < -0.39 is 19.7 Å². The van der Waals surface area contributed by atoms with Crippen molar-refractivity contribution in [2.24, 2.45) is 0 Å². The summed E-state index contributed by atoms with van der Waals surface area (Å²) in [6.45, 7) is 0. The maximum Gasteiger partial charge on any atom is 0.206 e. The average Bonchev–Trinajstić information content (AvgIpc) is 2.81. The average molecular weight is 519 g/mol. The van der Waals surface area contributed by atoms with Gasteiger partial charge in [-0.25, -0.2) is 16.8 Å². The normalized spacial score (nSPS) is 11.3. The van der Waals surface area contributed by atoms with Crippen LogP contribution in [-0.2, 0) is 19.7 Å². The highest BCUT2D eigenvalue weighted by molar-refractivity contribution is 7.91. The minimum Gasteiger partial charge on any atom is -0.508 e. The third-order valence-corrected chi connectivity index (χ3v) is 8.39. The Morgan fingerprint density at radius 3 is 0.853 bits per heavy atom. The van der Waals surface area contributed by atoms with Crippen molar-refractivity contribution >= 4 is 31.3 Å². The van der Waals surface area contributed by atoms with Gasteiger partial charge in [-0.3, -0.25) is 0 Å². The molecule has 4 aromatic rings. The molecule has 0 amide bonds. The van der Waals surface area contributed by atoms with E-state index >= 15 is 0 Å². The van der Waals surface area contributed by atoms with Gasteiger partial charge in [-0.05, 0) is 97.1 Å². The van der Waals surface area contributed by atoms with Crippen molar-refractivity contribution in [3.63, 3.8) is 0 Å². The number of benzene rings is 4. The summed E-state index contributed by atoms with van der Waals surface area (Å²) in [6.07, 6.45) is 0. The summed E-state index contributed by atoms with van der Waals surface area (Å²) in [5.74, 6) is 0.0457. The lowest BCUT2D eigenvalue weighted by Crippen LogP contribution is -2.01. The molecule has 7 nitrogen and oxygen atoms in total. The second kappa shape index (κ2) is 10.2. The number of sulfone groups is 2. The number of halogens is 1. The molecule has 0 fully saturated rings. The van der Waals surface area contributed by atoms with Crippen LogP contribution in [0.5, 0.6) is 17.2 Å². The van der Waals surface area contributed by atoms with Gasteiger partial charge in [0.25, 0.3) is 0 Å². The van der Waals surface area contributed by atoms with Crippen molar-refractivity contribution in [2.75, 3.05) is 0 Å². The number of hydrogen-bond acceptors (Lipinski definition) is 7. The molecule has 4 aromatic carbocycles. The zero-order chi connectivity index (χ0) is 24.9. The Hall–Kier alpha value is -3.53. The fourth-order valence-corrected chi connectivity index (χ4v) is 5.41. The molecule has 0 aromatic heterocycles. The number of phenols is 3. The monoisotopic (exact) mass is 518 g/mol. The van der Waals surface area contributed by atoms with Crippen LogP contribution in [0.25, 0.3) is 0 Å². The molecule has 4 rings (SSSR count). The molecule has 0 aliphatic heterocycles. The molecule has 34 heavy (non-hydrogen) atoms. The van der Waals surface area contributed by atoms with Crippen LogP contribution < -0.4 is 0 Å². The Balaban J connectivity index is 0.000000191. The summed E-state index contributed by atoms with van der Waals surface area (Å²) in [4.78, 5) is 0.507. The Morgan fingerprint density at radius 2 is 0.618 bits per heavy atom. The third-order valence-electron chi connectivity index (χ3n) is 4.57. The predicted molar refractivity (Wildman–Crippen MR) is 127 cm³/mol. The Bertz CT molecular complexity index is 1240. The van der Waals surface area contributed by atoms with Crippen molar-refractivity contribution in [2.45, 2.75) is 19.6 Å². The van der Waals surface area contributed by atoms with Gasteiger partial charge in [-0.1, -0.05) is 11.6 Å². The summed E-state index contributed by atoms with van der Waals surface area (Å²) in [6, 6.07) is 21.9. The van der Waals surface area contributed by atoms with Crippen molar-refractivity contribution < 1.29 is 32.2 Å². The van der Waals surface area contributed by atoms with E-state index in [4.69, 9.17) is 26.9 Å².